The van der Waals surface area contributed by atoms with E-state index < -0.39 is 0 Å². The first-order chi connectivity index (χ1) is 9.43. The minimum Gasteiger partial charge on any atom is -0.315 e. The lowest BCUT2D eigenvalue weighted by Crippen LogP contribution is -2.32. The lowest BCUT2D eigenvalue weighted by molar-refractivity contribution is 0.535. The first-order valence-electron chi connectivity index (χ1n) is 8.76. The van der Waals surface area contributed by atoms with Gasteiger partial charge in [-0.05, 0) is 6.42 Å². The van der Waals surface area contributed by atoms with Gasteiger partial charge in [0.1, 0.15) is 0 Å². The van der Waals surface area contributed by atoms with Crippen LogP contribution in [0.3, 0.4) is 0 Å². The van der Waals surface area contributed by atoms with Gasteiger partial charge in [-0.15, -0.1) is 0 Å². The largest absolute Gasteiger partial charge is 0.315 e. The average Bonchev–Trinajstić information content (AvgIpc) is 2.46. The number of thioether (sulfide) groups is 1. The van der Waals surface area contributed by atoms with Crippen LogP contribution in [0.5, 0.6) is 0 Å². The molecule has 1 nitrogen and oxygen atoms in total. The molecule has 114 valence electrons. The maximum absolute atomic E-state index is 3.50. The summed E-state index contributed by atoms with van der Waals surface area (Å²) in [6.07, 6.45) is 17.5. The van der Waals surface area contributed by atoms with E-state index in [0.29, 0.717) is 0 Å². The SMILES string of the molecule is CCCCCCCCCCCCCC1CNCCS1. The van der Waals surface area contributed by atoms with Crippen LogP contribution >= 0.6 is 11.8 Å². The summed E-state index contributed by atoms with van der Waals surface area (Å²) in [5, 5.41) is 4.41. The second-order valence-electron chi connectivity index (χ2n) is 6.02. The summed E-state index contributed by atoms with van der Waals surface area (Å²) in [7, 11) is 0. The smallest absolute Gasteiger partial charge is 0.0172 e. The molecular formula is C17H35NS. The van der Waals surface area contributed by atoms with Crippen LogP contribution in [-0.4, -0.2) is 24.1 Å². The fourth-order valence-electron chi connectivity index (χ4n) is 2.84. The molecule has 0 aromatic rings. The topological polar surface area (TPSA) is 12.0 Å². The van der Waals surface area contributed by atoms with Gasteiger partial charge in [-0.1, -0.05) is 77.6 Å². The normalized spacial score (nSPS) is 19.7. The maximum Gasteiger partial charge on any atom is 0.0172 e. The zero-order valence-corrected chi connectivity index (χ0v) is 13.9. The Morgan fingerprint density at radius 1 is 0.842 bits per heavy atom. The number of hydrogen-bond donors (Lipinski definition) is 1. The molecule has 0 amide bonds. The van der Waals surface area contributed by atoms with Crippen molar-refractivity contribution in [2.24, 2.45) is 0 Å². The van der Waals surface area contributed by atoms with Gasteiger partial charge in [0.05, 0.1) is 0 Å². The molecule has 0 bridgehead atoms. The predicted molar refractivity (Wildman–Crippen MR) is 90.2 cm³/mol. The highest BCUT2D eigenvalue weighted by Crippen LogP contribution is 2.20. The first-order valence-corrected chi connectivity index (χ1v) is 9.80. The molecular weight excluding hydrogens is 250 g/mol. The standard InChI is InChI=1S/C17H35NS/c1-2-3-4-5-6-7-8-9-10-11-12-13-17-16-18-14-15-19-17/h17-18H,2-16H2,1H3. The van der Waals surface area contributed by atoms with E-state index in [9.17, 15) is 0 Å². The van der Waals surface area contributed by atoms with Gasteiger partial charge in [-0.25, -0.2) is 0 Å². The first kappa shape index (κ1) is 17.4. The molecule has 1 N–H and O–H groups in total. The molecule has 0 spiro atoms. The van der Waals surface area contributed by atoms with Crippen molar-refractivity contribution in [2.75, 3.05) is 18.8 Å². The molecule has 1 fully saturated rings. The van der Waals surface area contributed by atoms with E-state index in [1.165, 1.54) is 95.9 Å². The molecule has 0 aliphatic carbocycles. The minimum absolute atomic E-state index is 0.910. The van der Waals surface area contributed by atoms with Gasteiger partial charge in [-0.3, -0.25) is 0 Å². The molecule has 1 atom stereocenters. The number of unbranched alkanes of at least 4 members (excludes halogenated alkanes) is 10. The van der Waals surface area contributed by atoms with Crippen molar-refractivity contribution >= 4 is 11.8 Å². The van der Waals surface area contributed by atoms with Gasteiger partial charge >= 0.3 is 0 Å². The molecule has 2 heteroatoms. The molecule has 19 heavy (non-hydrogen) atoms. The van der Waals surface area contributed by atoms with E-state index in [2.05, 4.69) is 24.0 Å². The van der Waals surface area contributed by atoms with Gasteiger partial charge in [-0.2, -0.15) is 11.8 Å². The Labute approximate surface area is 125 Å². The van der Waals surface area contributed by atoms with Crippen molar-refractivity contribution in [3.8, 4) is 0 Å². The molecule has 0 aromatic heterocycles. The van der Waals surface area contributed by atoms with Crippen LogP contribution in [0.2, 0.25) is 0 Å². The summed E-state index contributed by atoms with van der Waals surface area (Å²) < 4.78 is 0. The summed E-state index contributed by atoms with van der Waals surface area (Å²) in [5.41, 5.74) is 0. The van der Waals surface area contributed by atoms with E-state index in [4.69, 9.17) is 0 Å². The Balaban J connectivity index is 1.71. The second kappa shape index (κ2) is 13.3. The van der Waals surface area contributed by atoms with Crippen molar-refractivity contribution in [1.29, 1.82) is 0 Å². The molecule has 0 radical (unpaired) electrons. The zero-order chi connectivity index (χ0) is 13.6. The van der Waals surface area contributed by atoms with Crippen LogP contribution in [0, 0.1) is 0 Å². The molecule has 0 saturated carbocycles. The van der Waals surface area contributed by atoms with Crippen molar-refractivity contribution in [2.45, 2.75) is 89.2 Å². The van der Waals surface area contributed by atoms with Crippen LogP contribution in [-0.2, 0) is 0 Å². The van der Waals surface area contributed by atoms with Crippen LogP contribution < -0.4 is 5.32 Å². The van der Waals surface area contributed by atoms with Crippen LogP contribution in [0.1, 0.15) is 84.0 Å². The summed E-state index contributed by atoms with van der Waals surface area (Å²) in [4.78, 5) is 0. The summed E-state index contributed by atoms with van der Waals surface area (Å²) >= 11 is 2.18. The third kappa shape index (κ3) is 10.7. The molecule has 0 aromatic carbocycles. The Morgan fingerprint density at radius 2 is 1.42 bits per heavy atom. The number of hydrogen-bond acceptors (Lipinski definition) is 2. The zero-order valence-electron chi connectivity index (χ0n) is 13.1. The van der Waals surface area contributed by atoms with Crippen LogP contribution in [0.25, 0.3) is 0 Å². The second-order valence-corrected chi connectivity index (χ2v) is 7.43. The third-order valence-electron chi connectivity index (χ3n) is 4.13. The van der Waals surface area contributed by atoms with Crippen LogP contribution in [0.4, 0.5) is 0 Å². The Kier molecular flexibility index (Phi) is 12.2. The molecule has 1 saturated heterocycles. The maximum atomic E-state index is 3.50. The lowest BCUT2D eigenvalue weighted by Gasteiger charge is -2.22. The molecule has 1 aliphatic heterocycles. The van der Waals surface area contributed by atoms with Gasteiger partial charge in [0.25, 0.3) is 0 Å². The Hall–Kier alpha value is 0.310. The van der Waals surface area contributed by atoms with E-state index in [0.717, 1.165) is 5.25 Å². The summed E-state index contributed by atoms with van der Waals surface area (Å²) in [5.74, 6) is 1.32. The van der Waals surface area contributed by atoms with E-state index in [1.807, 2.05) is 0 Å². The Morgan fingerprint density at radius 3 is 1.95 bits per heavy atom. The van der Waals surface area contributed by atoms with Gasteiger partial charge in [0.15, 0.2) is 0 Å². The fraction of sp³-hybridized carbons (Fsp3) is 1.00. The van der Waals surface area contributed by atoms with Gasteiger partial charge in [0.2, 0.25) is 0 Å². The quantitative estimate of drug-likeness (QED) is 0.482. The molecule has 1 heterocycles. The van der Waals surface area contributed by atoms with E-state index >= 15 is 0 Å². The Bertz CT molecular complexity index is 178. The van der Waals surface area contributed by atoms with E-state index in [1.54, 1.807) is 0 Å². The van der Waals surface area contributed by atoms with Crippen molar-refractivity contribution in [1.82, 2.24) is 5.32 Å². The summed E-state index contributed by atoms with van der Waals surface area (Å²) in [6.45, 7) is 4.77. The highest BCUT2D eigenvalue weighted by Gasteiger charge is 2.12. The average molecular weight is 286 g/mol. The minimum atomic E-state index is 0.910. The lowest BCUT2D eigenvalue weighted by atomic mass is 10.0. The monoisotopic (exact) mass is 285 g/mol. The molecule has 1 aliphatic rings. The van der Waals surface area contributed by atoms with Crippen molar-refractivity contribution in [3.05, 3.63) is 0 Å². The van der Waals surface area contributed by atoms with Gasteiger partial charge < -0.3 is 5.32 Å². The van der Waals surface area contributed by atoms with Crippen molar-refractivity contribution < 1.29 is 0 Å². The number of nitrogens with one attached hydrogen (secondary N) is 1. The fourth-order valence-corrected chi connectivity index (χ4v) is 4.01. The summed E-state index contributed by atoms with van der Waals surface area (Å²) in [6, 6.07) is 0. The van der Waals surface area contributed by atoms with E-state index in [-0.39, 0.29) is 0 Å². The highest BCUT2D eigenvalue weighted by molar-refractivity contribution is 8.00. The van der Waals surface area contributed by atoms with Gasteiger partial charge in [0, 0.05) is 24.1 Å². The predicted octanol–water partition coefficient (Wildman–Crippen LogP) is 5.39. The van der Waals surface area contributed by atoms with Crippen LogP contribution in [0.15, 0.2) is 0 Å². The third-order valence-corrected chi connectivity index (χ3v) is 5.45. The van der Waals surface area contributed by atoms with Crippen molar-refractivity contribution in [3.63, 3.8) is 0 Å². The molecule has 1 unspecified atom stereocenters. The number of rotatable bonds is 12. The molecule has 1 rings (SSSR count). The highest BCUT2D eigenvalue weighted by atomic mass is 32.2.